The van der Waals surface area contributed by atoms with Crippen LogP contribution in [0.2, 0.25) is 0 Å². The van der Waals surface area contributed by atoms with Crippen molar-refractivity contribution in [2.75, 3.05) is 7.05 Å². The van der Waals surface area contributed by atoms with Crippen LogP contribution in [0, 0.1) is 0 Å². The van der Waals surface area contributed by atoms with E-state index in [9.17, 15) is 34.8 Å². The van der Waals surface area contributed by atoms with E-state index in [1.807, 2.05) is 0 Å². The molecule has 5 nitrogen and oxygen atoms in total. The molecule has 0 aliphatic heterocycles. The average Bonchev–Trinajstić information content (AvgIpc) is 3.38. The second kappa shape index (κ2) is 7.66. The zero-order valence-corrected chi connectivity index (χ0v) is 17.4. The van der Waals surface area contributed by atoms with Crippen LogP contribution in [0.4, 0.5) is 26.3 Å². The summed E-state index contributed by atoms with van der Waals surface area (Å²) in [7, 11) is -2.67. The lowest BCUT2D eigenvalue weighted by atomic mass is 10.1. The van der Waals surface area contributed by atoms with Gasteiger partial charge in [-0.2, -0.15) is 26.3 Å². The Labute approximate surface area is 183 Å². The van der Waals surface area contributed by atoms with Gasteiger partial charge in [0.05, 0.1) is 16.0 Å². The van der Waals surface area contributed by atoms with Gasteiger partial charge in [-0.25, -0.2) is 13.1 Å². The Hall–Kier alpha value is -3.25. The Kier molecular flexibility index (Phi) is 5.32. The summed E-state index contributed by atoms with van der Waals surface area (Å²) < 4.78 is 111. The van der Waals surface area contributed by atoms with Crippen molar-refractivity contribution in [2.24, 2.45) is 0 Å². The number of aromatic nitrogens is 1. The summed E-state index contributed by atoms with van der Waals surface area (Å²) in [5.74, 6) is -1.43. The molecule has 2 heterocycles. The number of sulfonamides is 1. The Morgan fingerprint density at radius 3 is 2.09 bits per heavy atom. The fraction of sp³-hybridized carbons (Fsp3) is 0.143. The van der Waals surface area contributed by atoms with E-state index in [1.54, 1.807) is 0 Å². The van der Waals surface area contributed by atoms with Crippen LogP contribution < -0.4 is 4.72 Å². The number of rotatable bonds is 4. The number of hydrogen-bond donors (Lipinski definition) is 1. The Bertz CT molecular complexity index is 1430. The number of nitrogens with one attached hydrogen (secondary N) is 1. The first kappa shape index (κ1) is 22.9. The quantitative estimate of drug-likeness (QED) is 0.368. The molecule has 0 radical (unpaired) electrons. The molecule has 0 spiro atoms. The number of nitrogens with zero attached hydrogens (tertiary/aromatic N) is 1. The SMILES string of the molecule is CNS(=O)(=O)c1ccc2c(c1)c(-c1ccc(C(F)(F)F)o1)cn2-c1ccc(C(F)(F)F)cc1. The van der Waals surface area contributed by atoms with E-state index in [4.69, 9.17) is 4.42 Å². The predicted octanol–water partition coefficient (Wildman–Crippen LogP) is 5.84. The summed E-state index contributed by atoms with van der Waals surface area (Å²) >= 11 is 0. The summed E-state index contributed by atoms with van der Waals surface area (Å²) in [4.78, 5) is -0.147. The van der Waals surface area contributed by atoms with E-state index in [0.717, 1.165) is 24.3 Å². The molecule has 0 saturated heterocycles. The number of alkyl halides is 6. The predicted molar refractivity (Wildman–Crippen MR) is 107 cm³/mol. The van der Waals surface area contributed by atoms with Crippen molar-refractivity contribution < 1.29 is 39.2 Å². The monoisotopic (exact) mass is 488 g/mol. The van der Waals surface area contributed by atoms with Crippen molar-refractivity contribution in [3.8, 4) is 17.0 Å². The van der Waals surface area contributed by atoms with Gasteiger partial charge >= 0.3 is 12.4 Å². The molecule has 12 heteroatoms. The normalized spacial score (nSPS) is 13.1. The molecule has 4 rings (SSSR count). The minimum atomic E-state index is -4.73. The van der Waals surface area contributed by atoms with Gasteiger partial charge in [-0.3, -0.25) is 0 Å². The number of halogens is 6. The molecule has 2 aromatic carbocycles. The number of fused-ring (bicyclic) bond motifs is 1. The zero-order chi connectivity index (χ0) is 24.2. The van der Waals surface area contributed by atoms with Gasteiger partial charge in [-0.1, -0.05) is 0 Å². The lowest BCUT2D eigenvalue weighted by Gasteiger charge is -2.09. The van der Waals surface area contributed by atoms with Gasteiger partial charge in [0, 0.05) is 22.8 Å². The lowest BCUT2D eigenvalue weighted by Crippen LogP contribution is -2.18. The third-order valence-electron chi connectivity index (χ3n) is 4.98. The average molecular weight is 488 g/mol. The molecule has 4 aromatic rings. The maximum atomic E-state index is 13.0. The first-order chi connectivity index (χ1) is 15.3. The molecule has 174 valence electrons. The van der Waals surface area contributed by atoms with Crippen molar-refractivity contribution in [3.63, 3.8) is 0 Å². The molecule has 0 atom stereocenters. The van der Waals surface area contributed by atoms with Gasteiger partial charge < -0.3 is 8.98 Å². The number of benzene rings is 2. The van der Waals surface area contributed by atoms with Crippen LogP contribution in [-0.4, -0.2) is 20.0 Å². The number of hydrogen-bond acceptors (Lipinski definition) is 3. The molecule has 0 bridgehead atoms. The summed E-state index contributed by atoms with van der Waals surface area (Å²) in [6.07, 6.45) is -7.90. The zero-order valence-electron chi connectivity index (χ0n) is 16.6. The Morgan fingerprint density at radius 2 is 1.55 bits per heavy atom. The van der Waals surface area contributed by atoms with Crippen molar-refractivity contribution in [2.45, 2.75) is 17.2 Å². The Balaban J connectivity index is 1.94. The standard InChI is InChI=1S/C21H14F6N2O3S/c1-28-33(30,31)14-6-7-17-15(10-14)16(18-8-9-19(32-18)21(25,26)27)11-29(17)13-4-2-12(3-5-13)20(22,23)24/h2-11,28H,1H3. The highest BCUT2D eigenvalue weighted by molar-refractivity contribution is 7.89. The van der Waals surface area contributed by atoms with Crippen molar-refractivity contribution in [1.82, 2.24) is 9.29 Å². The van der Waals surface area contributed by atoms with Gasteiger partial charge in [-0.05, 0) is 61.6 Å². The van der Waals surface area contributed by atoms with Gasteiger partial charge in [0.25, 0.3) is 0 Å². The van der Waals surface area contributed by atoms with Gasteiger partial charge in [0.15, 0.2) is 0 Å². The fourth-order valence-corrected chi connectivity index (χ4v) is 4.11. The highest BCUT2D eigenvalue weighted by atomic mass is 32.2. The van der Waals surface area contributed by atoms with Crippen LogP contribution in [0.3, 0.4) is 0 Å². The van der Waals surface area contributed by atoms with Crippen LogP contribution in [-0.2, 0) is 22.4 Å². The van der Waals surface area contributed by atoms with Gasteiger partial charge in [-0.15, -0.1) is 0 Å². The largest absolute Gasteiger partial charge is 0.451 e. The molecule has 2 aromatic heterocycles. The summed E-state index contributed by atoms with van der Waals surface area (Å²) in [6.45, 7) is 0. The molecule has 0 amide bonds. The van der Waals surface area contributed by atoms with Crippen molar-refractivity contribution in [3.05, 3.63) is 72.1 Å². The van der Waals surface area contributed by atoms with Crippen molar-refractivity contribution >= 4 is 20.9 Å². The highest BCUT2D eigenvalue weighted by Gasteiger charge is 2.35. The summed E-state index contributed by atoms with van der Waals surface area (Å²) in [6, 6.07) is 9.92. The second-order valence-electron chi connectivity index (χ2n) is 7.01. The smallest absolute Gasteiger partial charge is 0.449 e. The van der Waals surface area contributed by atoms with E-state index in [-0.39, 0.29) is 27.3 Å². The molecule has 0 unspecified atom stereocenters. The maximum Gasteiger partial charge on any atom is 0.449 e. The Morgan fingerprint density at radius 1 is 0.879 bits per heavy atom. The van der Waals surface area contributed by atoms with Crippen molar-refractivity contribution in [1.29, 1.82) is 0 Å². The highest BCUT2D eigenvalue weighted by Crippen LogP contribution is 2.39. The molecule has 0 aliphatic carbocycles. The van der Waals surface area contributed by atoms with E-state index < -0.39 is 33.7 Å². The van der Waals surface area contributed by atoms with Crippen LogP contribution in [0.5, 0.6) is 0 Å². The van der Waals surface area contributed by atoms with Crippen LogP contribution in [0.1, 0.15) is 11.3 Å². The minimum absolute atomic E-state index is 0.133. The molecular weight excluding hydrogens is 474 g/mol. The number of furan rings is 1. The molecular formula is C21H14F6N2O3S. The topological polar surface area (TPSA) is 64.2 Å². The summed E-state index contributed by atoms with van der Waals surface area (Å²) in [5.41, 5.74) is -0.101. The van der Waals surface area contributed by atoms with E-state index in [0.29, 0.717) is 5.52 Å². The summed E-state index contributed by atoms with van der Waals surface area (Å²) in [5, 5.41) is 0.231. The van der Waals surface area contributed by atoms with E-state index in [2.05, 4.69) is 4.72 Å². The molecule has 0 saturated carbocycles. The van der Waals surface area contributed by atoms with Gasteiger partial charge in [0.2, 0.25) is 15.8 Å². The molecule has 33 heavy (non-hydrogen) atoms. The third-order valence-corrected chi connectivity index (χ3v) is 6.39. The minimum Gasteiger partial charge on any atom is -0.451 e. The molecule has 0 fully saturated rings. The molecule has 0 aliphatic rings. The van der Waals surface area contributed by atoms with Crippen LogP contribution >= 0.6 is 0 Å². The first-order valence-corrected chi connectivity index (χ1v) is 10.7. The second-order valence-corrected chi connectivity index (χ2v) is 8.89. The van der Waals surface area contributed by atoms with Crippen LogP contribution in [0.25, 0.3) is 27.9 Å². The van der Waals surface area contributed by atoms with E-state index >= 15 is 0 Å². The van der Waals surface area contributed by atoms with Crippen LogP contribution in [0.15, 0.2) is 70.1 Å². The maximum absolute atomic E-state index is 13.0. The fourth-order valence-electron chi connectivity index (χ4n) is 3.35. The first-order valence-electron chi connectivity index (χ1n) is 9.25. The third kappa shape index (κ3) is 4.23. The van der Waals surface area contributed by atoms with E-state index in [1.165, 1.54) is 48.1 Å². The van der Waals surface area contributed by atoms with Gasteiger partial charge in [0.1, 0.15) is 5.76 Å². The molecule has 1 N–H and O–H groups in total. The lowest BCUT2D eigenvalue weighted by molar-refractivity contribution is -0.152.